The summed E-state index contributed by atoms with van der Waals surface area (Å²) in [5.41, 5.74) is 4.90. The number of ether oxygens (including phenoxy) is 1. The van der Waals surface area contributed by atoms with E-state index in [1.54, 1.807) is 7.11 Å². The minimum absolute atomic E-state index is 0.134. The minimum Gasteiger partial charge on any atom is -0.383 e. The first-order valence-electron chi connectivity index (χ1n) is 4.62. The number of nitrogens with zero attached hydrogens (tertiary/aromatic N) is 2. The maximum atomic E-state index is 5.40. The van der Waals surface area contributed by atoms with E-state index in [2.05, 4.69) is 16.6 Å². The van der Waals surface area contributed by atoms with Crippen LogP contribution in [0.25, 0.3) is 0 Å². The number of hydrogen-bond acceptors (Lipinski definition) is 4. The Morgan fingerprint density at radius 1 is 1.71 bits per heavy atom. The fourth-order valence-electron chi connectivity index (χ4n) is 1.47. The zero-order valence-corrected chi connectivity index (χ0v) is 8.95. The molecule has 0 aromatic carbocycles. The molecule has 0 saturated heterocycles. The Kier molecular flexibility index (Phi) is 4.06. The van der Waals surface area contributed by atoms with Crippen LogP contribution in [0, 0.1) is 6.92 Å². The smallest absolute Gasteiger partial charge is 0.0633 e. The van der Waals surface area contributed by atoms with Crippen LogP contribution in [0.3, 0.4) is 0 Å². The summed E-state index contributed by atoms with van der Waals surface area (Å²) in [6.07, 6.45) is 0.821. The van der Waals surface area contributed by atoms with Gasteiger partial charge < -0.3 is 4.74 Å². The highest BCUT2D eigenvalue weighted by molar-refractivity contribution is 5.09. The molecule has 0 saturated carbocycles. The van der Waals surface area contributed by atoms with Crippen molar-refractivity contribution >= 4 is 0 Å². The second-order valence-corrected chi connectivity index (χ2v) is 3.42. The van der Waals surface area contributed by atoms with Crippen molar-refractivity contribution in [3.8, 4) is 0 Å². The Balaban J connectivity index is 2.61. The fraction of sp³-hybridized carbons (Fsp3) is 0.667. The fourth-order valence-corrected chi connectivity index (χ4v) is 1.47. The number of nitrogens with one attached hydrogen (secondary N) is 1. The lowest BCUT2D eigenvalue weighted by atomic mass is 10.1. The van der Waals surface area contributed by atoms with E-state index < -0.39 is 0 Å². The highest BCUT2D eigenvalue weighted by atomic mass is 16.5. The zero-order chi connectivity index (χ0) is 10.6. The van der Waals surface area contributed by atoms with Gasteiger partial charge in [-0.05, 0) is 13.0 Å². The van der Waals surface area contributed by atoms with E-state index in [0.29, 0.717) is 6.61 Å². The maximum Gasteiger partial charge on any atom is 0.0633 e. The lowest BCUT2D eigenvalue weighted by Gasteiger charge is -2.14. The third-order valence-electron chi connectivity index (χ3n) is 2.16. The summed E-state index contributed by atoms with van der Waals surface area (Å²) in [7, 11) is 3.60. The summed E-state index contributed by atoms with van der Waals surface area (Å²) in [4.78, 5) is 0. The van der Waals surface area contributed by atoms with Crippen LogP contribution < -0.4 is 11.3 Å². The van der Waals surface area contributed by atoms with E-state index in [1.165, 1.54) is 0 Å². The number of hydrazine groups is 1. The Morgan fingerprint density at radius 2 is 2.43 bits per heavy atom. The van der Waals surface area contributed by atoms with Crippen molar-refractivity contribution in [2.24, 2.45) is 12.9 Å². The van der Waals surface area contributed by atoms with Gasteiger partial charge in [-0.1, -0.05) is 0 Å². The molecule has 1 aromatic heterocycles. The SMILES string of the molecule is COCC(Cc1cc(C)nn1C)NN. The van der Waals surface area contributed by atoms with Crippen molar-refractivity contribution < 1.29 is 4.74 Å². The van der Waals surface area contributed by atoms with Crippen molar-refractivity contribution in [3.05, 3.63) is 17.5 Å². The number of aryl methyl sites for hydroxylation is 2. The zero-order valence-electron chi connectivity index (χ0n) is 8.95. The first-order chi connectivity index (χ1) is 6.67. The second kappa shape index (κ2) is 5.09. The van der Waals surface area contributed by atoms with E-state index in [0.717, 1.165) is 17.8 Å². The molecule has 1 heterocycles. The number of hydrogen-bond donors (Lipinski definition) is 2. The van der Waals surface area contributed by atoms with Crippen LogP contribution in [0.5, 0.6) is 0 Å². The van der Waals surface area contributed by atoms with Crippen LogP contribution >= 0.6 is 0 Å². The van der Waals surface area contributed by atoms with Crippen LogP contribution in [0.4, 0.5) is 0 Å². The molecule has 0 aliphatic heterocycles. The molecule has 0 fully saturated rings. The van der Waals surface area contributed by atoms with Gasteiger partial charge in [0.1, 0.15) is 0 Å². The molecule has 3 N–H and O–H groups in total. The quantitative estimate of drug-likeness (QED) is 0.506. The second-order valence-electron chi connectivity index (χ2n) is 3.42. The highest BCUT2D eigenvalue weighted by Crippen LogP contribution is 2.05. The summed E-state index contributed by atoms with van der Waals surface area (Å²) in [6.45, 7) is 2.57. The van der Waals surface area contributed by atoms with E-state index >= 15 is 0 Å². The van der Waals surface area contributed by atoms with Crippen LogP contribution in [-0.2, 0) is 18.2 Å². The van der Waals surface area contributed by atoms with Gasteiger partial charge >= 0.3 is 0 Å². The summed E-state index contributed by atoms with van der Waals surface area (Å²) in [5, 5.41) is 4.27. The molecule has 0 radical (unpaired) electrons. The van der Waals surface area contributed by atoms with Gasteiger partial charge in [-0.25, -0.2) is 0 Å². The van der Waals surface area contributed by atoms with E-state index in [9.17, 15) is 0 Å². The summed E-state index contributed by atoms with van der Waals surface area (Å²) < 4.78 is 6.91. The molecule has 80 valence electrons. The molecule has 0 amide bonds. The molecule has 0 aliphatic rings. The number of rotatable bonds is 5. The minimum atomic E-state index is 0.134. The van der Waals surface area contributed by atoms with E-state index in [1.807, 2.05) is 18.7 Å². The first kappa shape index (κ1) is 11.2. The van der Waals surface area contributed by atoms with Crippen LogP contribution in [0.15, 0.2) is 6.07 Å². The van der Waals surface area contributed by atoms with Gasteiger partial charge in [0.2, 0.25) is 0 Å². The summed E-state index contributed by atoms with van der Waals surface area (Å²) in [5.74, 6) is 5.40. The van der Waals surface area contributed by atoms with Crippen LogP contribution in [0.1, 0.15) is 11.4 Å². The molecule has 14 heavy (non-hydrogen) atoms. The molecule has 0 bridgehead atoms. The molecule has 0 spiro atoms. The Bertz CT molecular complexity index is 284. The lowest BCUT2D eigenvalue weighted by Crippen LogP contribution is -2.40. The Hall–Kier alpha value is -0.910. The van der Waals surface area contributed by atoms with Crippen molar-refractivity contribution in [3.63, 3.8) is 0 Å². The topological polar surface area (TPSA) is 65.1 Å². The average molecular weight is 198 g/mol. The average Bonchev–Trinajstić information content (AvgIpc) is 2.44. The van der Waals surface area contributed by atoms with Gasteiger partial charge in [0, 0.05) is 32.3 Å². The van der Waals surface area contributed by atoms with Crippen molar-refractivity contribution in [1.29, 1.82) is 0 Å². The van der Waals surface area contributed by atoms with Gasteiger partial charge in [-0.2, -0.15) is 5.10 Å². The molecule has 1 rings (SSSR count). The molecule has 1 aromatic rings. The van der Waals surface area contributed by atoms with Crippen LogP contribution in [0.2, 0.25) is 0 Å². The third-order valence-corrected chi connectivity index (χ3v) is 2.16. The molecule has 1 atom stereocenters. The molecule has 5 nitrogen and oxygen atoms in total. The maximum absolute atomic E-state index is 5.40. The molecular weight excluding hydrogens is 180 g/mol. The van der Waals surface area contributed by atoms with Crippen molar-refractivity contribution in [1.82, 2.24) is 15.2 Å². The third kappa shape index (κ3) is 2.80. The molecular formula is C9H18N4O. The standard InChI is InChI=1S/C9H18N4O/c1-7-4-9(13(2)12-7)5-8(11-10)6-14-3/h4,8,11H,5-6,10H2,1-3H3. The number of aromatic nitrogens is 2. The van der Waals surface area contributed by atoms with E-state index in [4.69, 9.17) is 10.6 Å². The monoisotopic (exact) mass is 198 g/mol. The van der Waals surface area contributed by atoms with Crippen molar-refractivity contribution in [2.75, 3.05) is 13.7 Å². The summed E-state index contributed by atoms with van der Waals surface area (Å²) in [6, 6.07) is 2.19. The Morgan fingerprint density at radius 3 is 2.86 bits per heavy atom. The summed E-state index contributed by atoms with van der Waals surface area (Å²) >= 11 is 0. The molecule has 5 heteroatoms. The van der Waals surface area contributed by atoms with E-state index in [-0.39, 0.29) is 6.04 Å². The molecule has 0 aliphatic carbocycles. The van der Waals surface area contributed by atoms with Gasteiger partial charge in [-0.15, -0.1) is 0 Å². The normalized spacial score (nSPS) is 13.1. The Labute approximate surface area is 84.2 Å². The molecule has 1 unspecified atom stereocenters. The van der Waals surface area contributed by atoms with Gasteiger partial charge in [0.05, 0.1) is 12.3 Å². The van der Waals surface area contributed by atoms with Gasteiger partial charge in [0.25, 0.3) is 0 Å². The van der Waals surface area contributed by atoms with Gasteiger partial charge in [0.15, 0.2) is 0 Å². The van der Waals surface area contributed by atoms with Gasteiger partial charge in [-0.3, -0.25) is 16.0 Å². The highest BCUT2D eigenvalue weighted by Gasteiger charge is 2.10. The number of nitrogens with two attached hydrogens (primary N) is 1. The largest absolute Gasteiger partial charge is 0.383 e. The number of methoxy groups -OCH3 is 1. The lowest BCUT2D eigenvalue weighted by molar-refractivity contribution is 0.165. The predicted octanol–water partition coefficient (Wildman–Crippen LogP) is -0.251. The van der Waals surface area contributed by atoms with Crippen molar-refractivity contribution in [2.45, 2.75) is 19.4 Å². The van der Waals surface area contributed by atoms with Crippen LogP contribution in [-0.4, -0.2) is 29.5 Å². The first-order valence-corrected chi connectivity index (χ1v) is 4.62. The predicted molar refractivity (Wildman–Crippen MR) is 54.6 cm³/mol.